The van der Waals surface area contributed by atoms with Crippen LogP contribution in [0.15, 0.2) is 22.7 Å². The number of rotatable bonds is 5. The first-order valence-corrected chi connectivity index (χ1v) is 6.06. The number of halogens is 1. The summed E-state index contributed by atoms with van der Waals surface area (Å²) in [4.78, 5) is 16.2. The van der Waals surface area contributed by atoms with E-state index in [1.165, 1.54) is 0 Å². The molecule has 0 bridgehead atoms. The fourth-order valence-corrected chi connectivity index (χ4v) is 1.81. The number of aromatic nitrogens is 2. The molecule has 1 atom stereocenters. The number of benzene rings is 1. The Morgan fingerprint density at radius 1 is 1.52 bits per heavy atom. The van der Waals surface area contributed by atoms with Crippen molar-refractivity contribution < 1.29 is 13.8 Å². The second kappa shape index (κ2) is 5.94. The minimum Gasteiger partial charge on any atom is -0.334 e. The fraction of sp³-hybridized carbons (Fsp3) is 0.333. The highest BCUT2D eigenvalue weighted by molar-refractivity contribution is 5.66. The van der Waals surface area contributed by atoms with E-state index in [-0.39, 0.29) is 23.0 Å². The summed E-state index contributed by atoms with van der Waals surface area (Å²) in [5, 5.41) is 14.6. The number of likely N-dealkylation sites (N-methyl/N-ethyl adjacent to an activating group) is 1. The van der Waals surface area contributed by atoms with Crippen LogP contribution in [-0.2, 0) is 0 Å². The molecule has 0 fully saturated rings. The molecule has 0 aliphatic rings. The smallest absolute Gasteiger partial charge is 0.282 e. The summed E-state index contributed by atoms with van der Waals surface area (Å²) in [7, 11) is 3.66. The van der Waals surface area contributed by atoms with E-state index in [9.17, 15) is 14.5 Å². The van der Waals surface area contributed by atoms with Crippen LogP contribution in [0.3, 0.4) is 0 Å². The van der Waals surface area contributed by atoms with Gasteiger partial charge in [-0.25, -0.2) is 4.39 Å². The lowest BCUT2D eigenvalue weighted by molar-refractivity contribution is -0.384. The number of nitrogens with zero attached hydrogens (tertiary/aromatic N) is 4. The van der Waals surface area contributed by atoms with Crippen LogP contribution in [0.2, 0.25) is 0 Å². The molecule has 1 heterocycles. The van der Waals surface area contributed by atoms with E-state index < -0.39 is 16.8 Å². The standard InChI is InChI=1S/C12H14FN5O3/c1-17(2)6-9(14)11-15-12(21-16-11)8-5-7(13)3-4-10(8)18(19)20/h3-5,9H,6,14H2,1-2H3. The van der Waals surface area contributed by atoms with Crippen LogP contribution in [-0.4, -0.2) is 40.6 Å². The zero-order valence-corrected chi connectivity index (χ0v) is 11.5. The molecule has 0 saturated carbocycles. The molecular weight excluding hydrogens is 281 g/mol. The summed E-state index contributed by atoms with van der Waals surface area (Å²) in [6.07, 6.45) is 0. The average molecular weight is 295 g/mol. The van der Waals surface area contributed by atoms with Crippen molar-refractivity contribution in [1.29, 1.82) is 0 Å². The van der Waals surface area contributed by atoms with Gasteiger partial charge in [-0.15, -0.1) is 0 Å². The highest BCUT2D eigenvalue weighted by Crippen LogP contribution is 2.29. The van der Waals surface area contributed by atoms with E-state index in [1.54, 1.807) is 0 Å². The van der Waals surface area contributed by atoms with Gasteiger partial charge in [0.1, 0.15) is 11.4 Å². The molecule has 0 spiro atoms. The third-order valence-corrected chi connectivity index (χ3v) is 2.72. The molecule has 2 N–H and O–H groups in total. The zero-order chi connectivity index (χ0) is 15.6. The third-order valence-electron chi connectivity index (χ3n) is 2.72. The largest absolute Gasteiger partial charge is 0.334 e. The molecule has 1 aromatic carbocycles. The van der Waals surface area contributed by atoms with Gasteiger partial charge >= 0.3 is 0 Å². The van der Waals surface area contributed by atoms with Gasteiger partial charge in [0.05, 0.1) is 11.0 Å². The van der Waals surface area contributed by atoms with E-state index in [1.807, 2.05) is 19.0 Å². The van der Waals surface area contributed by atoms with Gasteiger partial charge in [0.15, 0.2) is 5.82 Å². The first-order chi connectivity index (χ1) is 9.88. The first kappa shape index (κ1) is 15.0. The zero-order valence-electron chi connectivity index (χ0n) is 11.5. The van der Waals surface area contributed by atoms with Crippen LogP contribution in [0.1, 0.15) is 11.9 Å². The van der Waals surface area contributed by atoms with Crippen molar-refractivity contribution in [2.75, 3.05) is 20.6 Å². The maximum absolute atomic E-state index is 13.3. The Labute approximate surface area is 119 Å². The second-order valence-corrected chi connectivity index (χ2v) is 4.75. The van der Waals surface area contributed by atoms with Crippen molar-refractivity contribution in [2.24, 2.45) is 5.73 Å². The Morgan fingerprint density at radius 3 is 2.86 bits per heavy atom. The first-order valence-electron chi connectivity index (χ1n) is 6.06. The van der Waals surface area contributed by atoms with E-state index >= 15 is 0 Å². The molecule has 8 nitrogen and oxygen atoms in total. The number of nitrogens with two attached hydrogens (primary N) is 1. The molecule has 1 aromatic heterocycles. The van der Waals surface area contributed by atoms with E-state index in [4.69, 9.17) is 10.3 Å². The number of nitro groups is 1. The summed E-state index contributed by atoms with van der Waals surface area (Å²) >= 11 is 0. The van der Waals surface area contributed by atoms with Crippen LogP contribution < -0.4 is 5.73 Å². The summed E-state index contributed by atoms with van der Waals surface area (Å²) in [5.74, 6) is -0.560. The molecule has 9 heteroatoms. The quantitative estimate of drug-likeness (QED) is 0.654. The van der Waals surface area contributed by atoms with Crippen LogP contribution in [0.5, 0.6) is 0 Å². The Balaban J connectivity index is 2.37. The van der Waals surface area contributed by atoms with Gasteiger partial charge in [-0.1, -0.05) is 5.16 Å². The van der Waals surface area contributed by atoms with Crippen molar-refractivity contribution in [3.05, 3.63) is 40.0 Å². The van der Waals surface area contributed by atoms with Crippen molar-refractivity contribution in [1.82, 2.24) is 15.0 Å². The highest BCUT2D eigenvalue weighted by atomic mass is 19.1. The predicted octanol–water partition coefficient (Wildman–Crippen LogP) is 1.35. The minimum absolute atomic E-state index is 0.0733. The molecular formula is C12H14FN5O3. The molecule has 0 aliphatic carbocycles. The summed E-state index contributed by atoms with van der Waals surface area (Å²) in [6, 6.07) is 2.52. The molecule has 1 unspecified atom stereocenters. The normalized spacial score (nSPS) is 12.6. The summed E-state index contributed by atoms with van der Waals surface area (Å²) in [6.45, 7) is 0.476. The highest BCUT2D eigenvalue weighted by Gasteiger charge is 2.23. The van der Waals surface area contributed by atoms with Gasteiger partial charge in [0.2, 0.25) is 0 Å². The van der Waals surface area contributed by atoms with Gasteiger partial charge in [-0.05, 0) is 26.2 Å². The predicted molar refractivity (Wildman–Crippen MR) is 71.8 cm³/mol. The lowest BCUT2D eigenvalue weighted by Gasteiger charge is -2.12. The Morgan fingerprint density at radius 2 is 2.24 bits per heavy atom. The molecule has 0 saturated heterocycles. The Bertz CT molecular complexity index is 658. The maximum Gasteiger partial charge on any atom is 0.282 e. The molecule has 2 rings (SSSR count). The molecule has 21 heavy (non-hydrogen) atoms. The maximum atomic E-state index is 13.3. The van der Waals surface area contributed by atoms with Crippen LogP contribution in [0, 0.1) is 15.9 Å². The van der Waals surface area contributed by atoms with Gasteiger partial charge in [-0.3, -0.25) is 10.1 Å². The van der Waals surface area contributed by atoms with Gasteiger partial charge < -0.3 is 15.2 Å². The molecule has 0 radical (unpaired) electrons. The third kappa shape index (κ3) is 3.38. The summed E-state index contributed by atoms with van der Waals surface area (Å²) in [5.41, 5.74) is 5.49. The van der Waals surface area contributed by atoms with Gasteiger partial charge in [-0.2, -0.15) is 4.98 Å². The van der Waals surface area contributed by atoms with Crippen LogP contribution in [0.25, 0.3) is 11.5 Å². The summed E-state index contributed by atoms with van der Waals surface area (Å²) < 4.78 is 18.3. The van der Waals surface area contributed by atoms with Crippen molar-refractivity contribution in [2.45, 2.75) is 6.04 Å². The number of nitro benzene ring substituents is 1. The molecule has 0 amide bonds. The van der Waals surface area contributed by atoms with Crippen molar-refractivity contribution in [3.8, 4) is 11.5 Å². The topological polar surface area (TPSA) is 111 Å². The lowest BCUT2D eigenvalue weighted by Crippen LogP contribution is -2.26. The second-order valence-electron chi connectivity index (χ2n) is 4.75. The van der Waals surface area contributed by atoms with Gasteiger partial charge in [0, 0.05) is 12.6 Å². The van der Waals surface area contributed by atoms with E-state index in [2.05, 4.69) is 10.1 Å². The lowest BCUT2D eigenvalue weighted by atomic mass is 10.1. The van der Waals surface area contributed by atoms with E-state index in [0.717, 1.165) is 18.2 Å². The molecule has 0 aliphatic heterocycles. The van der Waals surface area contributed by atoms with Crippen LogP contribution in [0.4, 0.5) is 10.1 Å². The van der Waals surface area contributed by atoms with Gasteiger partial charge in [0.25, 0.3) is 11.6 Å². The van der Waals surface area contributed by atoms with Crippen molar-refractivity contribution in [3.63, 3.8) is 0 Å². The SMILES string of the molecule is CN(C)CC(N)c1noc(-c2cc(F)ccc2[N+](=O)[O-])n1. The monoisotopic (exact) mass is 295 g/mol. The Kier molecular flexibility index (Phi) is 4.24. The minimum atomic E-state index is -0.640. The molecule has 2 aromatic rings. The molecule has 112 valence electrons. The van der Waals surface area contributed by atoms with Crippen LogP contribution >= 0.6 is 0 Å². The fourth-order valence-electron chi connectivity index (χ4n) is 1.81. The van der Waals surface area contributed by atoms with E-state index in [0.29, 0.717) is 6.54 Å². The van der Waals surface area contributed by atoms with Crippen molar-refractivity contribution >= 4 is 5.69 Å². The number of hydrogen-bond acceptors (Lipinski definition) is 7. The number of hydrogen-bond donors (Lipinski definition) is 1. The Hall–Kier alpha value is -2.39. The average Bonchev–Trinajstić information content (AvgIpc) is 2.86.